The van der Waals surface area contributed by atoms with E-state index in [1.165, 1.54) is 11.1 Å². The Morgan fingerprint density at radius 3 is 2.79 bits per heavy atom. The Kier molecular flexibility index (Phi) is 4.83. The van der Waals surface area contributed by atoms with E-state index in [0.717, 1.165) is 18.6 Å². The van der Waals surface area contributed by atoms with Gasteiger partial charge in [-0.3, -0.25) is 0 Å². The number of ether oxygens (including phenoxy) is 2. The van der Waals surface area contributed by atoms with Crippen molar-refractivity contribution in [3.8, 4) is 5.75 Å². The molecule has 0 radical (unpaired) electrons. The minimum Gasteiger partial charge on any atom is -0.491 e. The van der Waals surface area contributed by atoms with Gasteiger partial charge in [0, 0.05) is 6.04 Å². The van der Waals surface area contributed by atoms with Crippen LogP contribution < -0.4 is 10.1 Å². The van der Waals surface area contributed by atoms with Crippen LogP contribution in [0.3, 0.4) is 0 Å². The maximum atomic E-state index is 5.89. The van der Waals surface area contributed by atoms with Crippen molar-refractivity contribution in [2.45, 2.75) is 51.9 Å². The number of hydrogen-bond donors (Lipinski definition) is 1. The van der Waals surface area contributed by atoms with Crippen LogP contribution in [0.5, 0.6) is 5.75 Å². The Bertz CT molecular complexity index is 419. The highest BCUT2D eigenvalue weighted by atomic mass is 16.5. The van der Waals surface area contributed by atoms with Crippen molar-refractivity contribution in [1.29, 1.82) is 0 Å². The molecular weight excluding hydrogens is 238 g/mol. The molecule has 1 heterocycles. The zero-order chi connectivity index (χ0) is 13.8. The summed E-state index contributed by atoms with van der Waals surface area (Å²) in [5.74, 6) is 0.968. The van der Waals surface area contributed by atoms with E-state index in [1.807, 2.05) is 7.05 Å². The predicted molar refractivity (Wildman–Crippen MR) is 77.7 cm³/mol. The van der Waals surface area contributed by atoms with E-state index >= 15 is 0 Å². The summed E-state index contributed by atoms with van der Waals surface area (Å²) in [6.07, 6.45) is 2.89. The monoisotopic (exact) mass is 263 g/mol. The largest absolute Gasteiger partial charge is 0.491 e. The molecule has 1 saturated heterocycles. The SMILES string of the molecule is CNC(C)c1ccc(OCC2CCC(C)O2)c(C)c1. The lowest BCUT2D eigenvalue weighted by Gasteiger charge is -2.16. The zero-order valence-electron chi connectivity index (χ0n) is 12.4. The summed E-state index contributed by atoms with van der Waals surface area (Å²) >= 11 is 0. The summed E-state index contributed by atoms with van der Waals surface area (Å²) in [7, 11) is 1.98. The van der Waals surface area contributed by atoms with Crippen LogP contribution in [0.2, 0.25) is 0 Å². The third-order valence-corrected chi connectivity index (χ3v) is 3.88. The van der Waals surface area contributed by atoms with Crippen molar-refractivity contribution in [3.05, 3.63) is 29.3 Å². The lowest BCUT2D eigenvalue weighted by atomic mass is 10.1. The number of nitrogens with one attached hydrogen (secondary N) is 1. The molecule has 106 valence electrons. The highest BCUT2D eigenvalue weighted by Crippen LogP contribution is 2.25. The third kappa shape index (κ3) is 3.71. The quantitative estimate of drug-likeness (QED) is 0.884. The molecule has 1 aromatic carbocycles. The normalized spacial score (nSPS) is 24.4. The minimum absolute atomic E-state index is 0.255. The lowest BCUT2D eigenvalue weighted by molar-refractivity contribution is 0.0263. The second kappa shape index (κ2) is 6.40. The van der Waals surface area contributed by atoms with E-state index in [9.17, 15) is 0 Å². The molecule has 3 heteroatoms. The van der Waals surface area contributed by atoms with Crippen LogP contribution in [-0.2, 0) is 4.74 Å². The van der Waals surface area contributed by atoms with Crippen molar-refractivity contribution in [1.82, 2.24) is 5.32 Å². The Morgan fingerprint density at radius 2 is 2.21 bits per heavy atom. The van der Waals surface area contributed by atoms with E-state index < -0.39 is 0 Å². The molecule has 1 aliphatic heterocycles. The summed E-state index contributed by atoms with van der Waals surface area (Å²) in [4.78, 5) is 0. The molecule has 0 bridgehead atoms. The number of hydrogen-bond acceptors (Lipinski definition) is 3. The molecule has 0 aromatic heterocycles. The lowest BCUT2D eigenvalue weighted by Crippen LogP contribution is -2.18. The fraction of sp³-hybridized carbons (Fsp3) is 0.625. The van der Waals surface area contributed by atoms with Gasteiger partial charge < -0.3 is 14.8 Å². The first-order valence-electron chi connectivity index (χ1n) is 7.16. The maximum Gasteiger partial charge on any atom is 0.122 e. The van der Waals surface area contributed by atoms with E-state index in [0.29, 0.717) is 18.8 Å². The topological polar surface area (TPSA) is 30.5 Å². The smallest absolute Gasteiger partial charge is 0.122 e. The van der Waals surface area contributed by atoms with E-state index in [1.54, 1.807) is 0 Å². The molecule has 0 spiro atoms. The average Bonchev–Trinajstić information content (AvgIpc) is 2.82. The van der Waals surface area contributed by atoms with Gasteiger partial charge in [-0.1, -0.05) is 12.1 Å². The van der Waals surface area contributed by atoms with Crippen molar-refractivity contribution < 1.29 is 9.47 Å². The van der Waals surface area contributed by atoms with Crippen LogP contribution in [0.15, 0.2) is 18.2 Å². The van der Waals surface area contributed by atoms with Gasteiger partial charge in [0.25, 0.3) is 0 Å². The molecule has 1 aliphatic rings. The Hall–Kier alpha value is -1.06. The third-order valence-electron chi connectivity index (χ3n) is 3.88. The molecule has 19 heavy (non-hydrogen) atoms. The highest BCUT2D eigenvalue weighted by Gasteiger charge is 2.22. The summed E-state index contributed by atoms with van der Waals surface area (Å²) in [5.41, 5.74) is 2.48. The second-order valence-electron chi connectivity index (χ2n) is 5.49. The van der Waals surface area contributed by atoms with Crippen LogP contribution in [-0.4, -0.2) is 25.9 Å². The van der Waals surface area contributed by atoms with Gasteiger partial charge in [-0.15, -0.1) is 0 Å². The molecule has 0 aliphatic carbocycles. The number of rotatable bonds is 5. The molecule has 1 N–H and O–H groups in total. The Balaban J connectivity index is 1.93. The molecule has 3 atom stereocenters. The van der Waals surface area contributed by atoms with Gasteiger partial charge in [0.1, 0.15) is 12.4 Å². The predicted octanol–water partition coefficient (Wildman–Crippen LogP) is 3.22. The van der Waals surface area contributed by atoms with Gasteiger partial charge >= 0.3 is 0 Å². The van der Waals surface area contributed by atoms with Crippen molar-refractivity contribution >= 4 is 0 Å². The van der Waals surface area contributed by atoms with Crippen molar-refractivity contribution in [2.75, 3.05) is 13.7 Å². The van der Waals surface area contributed by atoms with Gasteiger partial charge in [-0.25, -0.2) is 0 Å². The van der Waals surface area contributed by atoms with Gasteiger partial charge in [0.2, 0.25) is 0 Å². The molecule has 1 aromatic rings. The highest BCUT2D eigenvalue weighted by molar-refractivity contribution is 5.37. The second-order valence-corrected chi connectivity index (χ2v) is 5.49. The zero-order valence-corrected chi connectivity index (χ0v) is 12.4. The Labute approximate surface area is 116 Å². The molecule has 0 saturated carbocycles. The summed E-state index contributed by atoms with van der Waals surface area (Å²) in [5, 5.41) is 3.25. The molecule has 0 amide bonds. The maximum absolute atomic E-state index is 5.89. The van der Waals surface area contributed by atoms with Crippen LogP contribution in [0.25, 0.3) is 0 Å². The molecule has 1 fully saturated rings. The summed E-state index contributed by atoms with van der Waals surface area (Å²) < 4.78 is 11.7. The van der Waals surface area contributed by atoms with Crippen molar-refractivity contribution in [2.24, 2.45) is 0 Å². The fourth-order valence-corrected chi connectivity index (χ4v) is 2.46. The molecule has 3 nitrogen and oxygen atoms in total. The number of aryl methyl sites for hydroxylation is 1. The first-order valence-corrected chi connectivity index (χ1v) is 7.16. The van der Waals surface area contributed by atoms with E-state index in [4.69, 9.17) is 9.47 Å². The molecule has 3 unspecified atom stereocenters. The Morgan fingerprint density at radius 1 is 1.42 bits per heavy atom. The van der Waals surface area contributed by atoms with Crippen LogP contribution >= 0.6 is 0 Å². The van der Waals surface area contributed by atoms with Crippen LogP contribution in [0.4, 0.5) is 0 Å². The number of benzene rings is 1. The first kappa shape index (κ1) is 14.4. The summed E-state index contributed by atoms with van der Waals surface area (Å²) in [6, 6.07) is 6.75. The average molecular weight is 263 g/mol. The standard InChI is InChI=1S/C16H25NO2/c1-11-9-14(13(3)17-4)6-8-16(11)18-10-15-7-5-12(2)19-15/h6,8-9,12-13,15,17H,5,7,10H2,1-4H3. The van der Waals surface area contributed by atoms with Gasteiger partial charge in [0.05, 0.1) is 12.2 Å². The van der Waals surface area contributed by atoms with Crippen LogP contribution in [0.1, 0.15) is 43.9 Å². The summed E-state index contributed by atoms with van der Waals surface area (Å²) in [6.45, 7) is 7.04. The molecular formula is C16H25NO2. The van der Waals surface area contributed by atoms with E-state index in [2.05, 4.69) is 44.3 Å². The fourth-order valence-electron chi connectivity index (χ4n) is 2.46. The first-order chi connectivity index (χ1) is 9.10. The van der Waals surface area contributed by atoms with Crippen LogP contribution in [0, 0.1) is 6.92 Å². The minimum atomic E-state index is 0.255. The van der Waals surface area contributed by atoms with Gasteiger partial charge in [0.15, 0.2) is 0 Å². The van der Waals surface area contributed by atoms with Gasteiger partial charge in [-0.05, 0) is 57.9 Å². The van der Waals surface area contributed by atoms with Crippen molar-refractivity contribution in [3.63, 3.8) is 0 Å². The van der Waals surface area contributed by atoms with E-state index in [-0.39, 0.29) is 6.10 Å². The van der Waals surface area contributed by atoms with Gasteiger partial charge in [-0.2, -0.15) is 0 Å². The molecule has 2 rings (SSSR count).